The standard InChI is InChI=1S/C25H20N2O5/c1-2-32-17-9-7-8-16(14-17)18-10-3-5-12-21(18)26-25(31)27-15-20(24(29)30)23(28)19-11-4-6-13-22(19)27/h3-15H,2H2,1H3,(H,26,31)(H,29,30). The van der Waals surface area contributed by atoms with Gasteiger partial charge in [0, 0.05) is 17.1 Å². The van der Waals surface area contributed by atoms with Crippen LogP contribution in [0.25, 0.3) is 22.0 Å². The van der Waals surface area contributed by atoms with Crippen molar-refractivity contribution in [2.45, 2.75) is 6.92 Å². The average Bonchev–Trinajstić information content (AvgIpc) is 2.80. The highest BCUT2D eigenvalue weighted by Crippen LogP contribution is 2.30. The van der Waals surface area contributed by atoms with E-state index in [1.165, 1.54) is 6.07 Å². The number of carboxylic acid groups (broad SMARTS) is 1. The topological polar surface area (TPSA) is 97.6 Å². The summed E-state index contributed by atoms with van der Waals surface area (Å²) in [6.07, 6.45) is 1.06. The van der Waals surface area contributed by atoms with Crippen LogP contribution in [0.2, 0.25) is 0 Å². The number of hydrogen-bond donors (Lipinski definition) is 2. The van der Waals surface area contributed by atoms with Crippen molar-refractivity contribution in [3.8, 4) is 16.9 Å². The van der Waals surface area contributed by atoms with E-state index in [4.69, 9.17) is 4.74 Å². The number of rotatable bonds is 5. The minimum Gasteiger partial charge on any atom is -0.494 e. The van der Waals surface area contributed by atoms with Crippen LogP contribution in [0.4, 0.5) is 10.5 Å². The summed E-state index contributed by atoms with van der Waals surface area (Å²) >= 11 is 0. The second-order valence-corrected chi connectivity index (χ2v) is 7.00. The summed E-state index contributed by atoms with van der Waals surface area (Å²) in [4.78, 5) is 37.3. The third kappa shape index (κ3) is 3.96. The summed E-state index contributed by atoms with van der Waals surface area (Å²) in [7, 11) is 0. The summed E-state index contributed by atoms with van der Waals surface area (Å²) in [6, 6.07) is 20.6. The quantitative estimate of drug-likeness (QED) is 0.474. The number of para-hydroxylation sites is 2. The highest BCUT2D eigenvalue weighted by atomic mass is 16.5. The highest BCUT2D eigenvalue weighted by molar-refractivity contribution is 6.02. The first kappa shape index (κ1) is 20.9. The van der Waals surface area contributed by atoms with Crippen molar-refractivity contribution >= 4 is 28.6 Å². The molecule has 1 amide bonds. The molecular formula is C25H20N2O5. The molecule has 0 radical (unpaired) electrons. The highest BCUT2D eigenvalue weighted by Gasteiger charge is 2.18. The Hall–Kier alpha value is -4.39. The van der Waals surface area contributed by atoms with Crippen LogP contribution in [0.15, 0.2) is 83.8 Å². The van der Waals surface area contributed by atoms with Gasteiger partial charge in [0.1, 0.15) is 11.3 Å². The molecule has 0 aliphatic rings. The molecule has 160 valence electrons. The molecule has 0 bridgehead atoms. The third-order valence-electron chi connectivity index (χ3n) is 4.98. The Morgan fingerprint density at radius 2 is 1.75 bits per heavy atom. The lowest BCUT2D eigenvalue weighted by atomic mass is 10.0. The molecule has 0 fully saturated rings. The predicted octanol–water partition coefficient (Wildman–Crippen LogP) is 4.85. The summed E-state index contributed by atoms with van der Waals surface area (Å²) < 4.78 is 6.72. The molecule has 7 heteroatoms. The van der Waals surface area contributed by atoms with Crippen molar-refractivity contribution < 1.29 is 19.4 Å². The number of pyridine rings is 1. The lowest BCUT2D eigenvalue weighted by Crippen LogP contribution is -2.25. The molecule has 3 aromatic carbocycles. The number of benzene rings is 3. The molecule has 0 saturated carbocycles. The fourth-order valence-electron chi connectivity index (χ4n) is 3.54. The maximum absolute atomic E-state index is 13.2. The Morgan fingerprint density at radius 3 is 2.53 bits per heavy atom. The number of nitrogens with one attached hydrogen (secondary N) is 1. The van der Waals surface area contributed by atoms with Gasteiger partial charge in [-0.05, 0) is 42.8 Å². The fourth-order valence-corrected chi connectivity index (χ4v) is 3.54. The Kier molecular flexibility index (Phi) is 5.72. The summed E-state index contributed by atoms with van der Waals surface area (Å²) in [5.74, 6) is -0.681. The first-order valence-corrected chi connectivity index (χ1v) is 10.0. The number of fused-ring (bicyclic) bond motifs is 1. The fraction of sp³-hybridized carbons (Fsp3) is 0.0800. The maximum Gasteiger partial charge on any atom is 0.341 e. The van der Waals surface area contributed by atoms with Crippen LogP contribution in [-0.4, -0.2) is 28.3 Å². The Bertz CT molecular complexity index is 1390. The van der Waals surface area contributed by atoms with Gasteiger partial charge >= 0.3 is 12.0 Å². The monoisotopic (exact) mass is 428 g/mol. The average molecular weight is 428 g/mol. The summed E-state index contributed by atoms with van der Waals surface area (Å²) in [5, 5.41) is 12.4. The van der Waals surface area contributed by atoms with Crippen LogP contribution in [0, 0.1) is 0 Å². The van der Waals surface area contributed by atoms with Crippen LogP contribution in [0.3, 0.4) is 0 Å². The van der Waals surface area contributed by atoms with E-state index in [-0.39, 0.29) is 5.39 Å². The number of amides is 1. The Labute approximate surface area is 183 Å². The molecule has 32 heavy (non-hydrogen) atoms. The molecule has 0 aliphatic carbocycles. The molecule has 0 saturated heterocycles. The lowest BCUT2D eigenvalue weighted by Gasteiger charge is -2.15. The number of aromatic carboxylic acids is 1. The van der Waals surface area contributed by atoms with Gasteiger partial charge in [-0.15, -0.1) is 0 Å². The molecule has 4 aromatic rings. The van der Waals surface area contributed by atoms with Gasteiger partial charge in [-0.25, -0.2) is 9.59 Å². The van der Waals surface area contributed by atoms with E-state index >= 15 is 0 Å². The SMILES string of the molecule is CCOc1cccc(-c2ccccc2NC(=O)n2cc(C(=O)O)c(=O)c3ccccc32)c1. The Balaban J connectivity index is 1.78. The van der Waals surface area contributed by atoms with Crippen molar-refractivity contribution in [2.75, 3.05) is 11.9 Å². The molecule has 0 unspecified atom stereocenters. The van der Waals surface area contributed by atoms with Gasteiger partial charge in [-0.2, -0.15) is 0 Å². The van der Waals surface area contributed by atoms with E-state index in [2.05, 4.69) is 5.32 Å². The molecule has 4 rings (SSSR count). The van der Waals surface area contributed by atoms with Crippen molar-refractivity contribution in [3.63, 3.8) is 0 Å². The van der Waals surface area contributed by atoms with Gasteiger partial charge in [0.15, 0.2) is 0 Å². The lowest BCUT2D eigenvalue weighted by molar-refractivity contribution is 0.0695. The van der Waals surface area contributed by atoms with Crippen LogP contribution < -0.4 is 15.5 Å². The summed E-state index contributed by atoms with van der Waals surface area (Å²) in [5.41, 5.74) is 1.36. The Morgan fingerprint density at radius 1 is 1.00 bits per heavy atom. The predicted molar refractivity (Wildman–Crippen MR) is 123 cm³/mol. The van der Waals surface area contributed by atoms with E-state index in [1.807, 2.05) is 43.3 Å². The third-order valence-corrected chi connectivity index (χ3v) is 4.98. The van der Waals surface area contributed by atoms with Crippen LogP contribution in [0.1, 0.15) is 17.3 Å². The van der Waals surface area contributed by atoms with Crippen molar-refractivity contribution in [2.24, 2.45) is 0 Å². The normalized spacial score (nSPS) is 10.7. The zero-order chi connectivity index (χ0) is 22.7. The molecule has 0 spiro atoms. The minimum atomic E-state index is -1.39. The van der Waals surface area contributed by atoms with E-state index in [0.29, 0.717) is 23.6 Å². The van der Waals surface area contributed by atoms with Crippen LogP contribution in [0.5, 0.6) is 5.75 Å². The number of aromatic nitrogens is 1. The van der Waals surface area contributed by atoms with Crippen molar-refractivity contribution in [1.82, 2.24) is 4.57 Å². The first-order valence-electron chi connectivity index (χ1n) is 10.0. The van der Waals surface area contributed by atoms with Gasteiger partial charge in [0.05, 0.1) is 17.8 Å². The van der Waals surface area contributed by atoms with Crippen molar-refractivity contribution in [1.29, 1.82) is 0 Å². The molecule has 0 atom stereocenters. The number of hydrogen-bond acceptors (Lipinski definition) is 4. The van der Waals surface area contributed by atoms with E-state index in [0.717, 1.165) is 21.9 Å². The number of anilines is 1. The van der Waals surface area contributed by atoms with Gasteiger partial charge in [0.25, 0.3) is 0 Å². The number of nitrogens with zero attached hydrogens (tertiary/aromatic N) is 1. The molecule has 0 aliphatic heterocycles. The largest absolute Gasteiger partial charge is 0.494 e. The molecule has 2 N–H and O–H groups in total. The molecule has 1 aromatic heterocycles. The first-order chi connectivity index (χ1) is 15.5. The number of carboxylic acids is 1. The van der Waals surface area contributed by atoms with Gasteiger partial charge in [-0.3, -0.25) is 9.36 Å². The minimum absolute atomic E-state index is 0.153. The molecular weight excluding hydrogens is 408 g/mol. The number of ether oxygens (including phenoxy) is 1. The van der Waals surface area contributed by atoms with Gasteiger partial charge < -0.3 is 15.2 Å². The zero-order valence-corrected chi connectivity index (χ0v) is 17.2. The molecule has 7 nitrogen and oxygen atoms in total. The second kappa shape index (κ2) is 8.77. The van der Waals surface area contributed by atoms with Gasteiger partial charge in [0.2, 0.25) is 5.43 Å². The summed E-state index contributed by atoms with van der Waals surface area (Å²) in [6.45, 7) is 2.44. The zero-order valence-electron chi connectivity index (χ0n) is 17.2. The van der Waals surface area contributed by atoms with Gasteiger partial charge in [-0.1, -0.05) is 42.5 Å². The number of carbonyl (C=O) groups excluding carboxylic acids is 1. The van der Waals surface area contributed by atoms with Crippen molar-refractivity contribution in [3.05, 3.63) is 94.8 Å². The van der Waals surface area contributed by atoms with Crippen LogP contribution in [-0.2, 0) is 0 Å². The van der Waals surface area contributed by atoms with E-state index in [1.54, 1.807) is 30.3 Å². The smallest absolute Gasteiger partial charge is 0.341 e. The second-order valence-electron chi connectivity index (χ2n) is 7.00. The molecule has 1 heterocycles. The van der Waals surface area contributed by atoms with E-state index < -0.39 is 23.0 Å². The van der Waals surface area contributed by atoms with Crippen LogP contribution >= 0.6 is 0 Å². The van der Waals surface area contributed by atoms with E-state index in [9.17, 15) is 19.5 Å². The maximum atomic E-state index is 13.2. The number of carbonyl (C=O) groups is 2.